The molecule has 0 aliphatic carbocycles. The van der Waals surface area contributed by atoms with Crippen molar-refractivity contribution in [2.45, 2.75) is 45.7 Å². The lowest BCUT2D eigenvalue weighted by Crippen LogP contribution is -2.35. The largest absolute Gasteiger partial charge is 0.407 e. The second kappa shape index (κ2) is 7.63. The van der Waals surface area contributed by atoms with E-state index in [2.05, 4.69) is 47.9 Å². The summed E-state index contributed by atoms with van der Waals surface area (Å²) in [5.41, 5.74) is 0.0554. The number of hydrogen-bond donors (Lipinski definition) is 2. The highest BCUT2D eigenvalue weighted by Crippen LogP contribution is 2.08. The highest BCUT2D eigenvalue weighted by atomic mass is 32.2. The molecule has 0 aliphatic rings. The summed E-state index contributed by atoms with van der Waals surface area (Å²) in [6.07, 6.45) is 4.46. The van der Waals surface area contributed by atoms with Gasteiger partial charge in [0, 0.05) is 12.1 Å². The average molecular weight is 272 g/mol. The lowest BCUT2D eigenvalue weighted by atomic mass is 10.1. The van der Waals surface area contributed by atoms with Gasteiger partial charge in [-0.1, -0.05) is 5.10 Å². The van der Waals surface area contributed by atoms with Crippen molar-refractivity contribution >= 4 is 17.8 Å². The van der Waals surface area contributed by atoms with Crippen LogP contribution < -0.4 is 10.6 Å². The van der Waals surface area contributed by atoms with Gasteiger partial charge in [0.25, 0.3) is 0 Å². The first-order valence-corrected chi connectivity index (χ1v) is 7.71. The summed E-state index contributed by atoms with van der Waals surface area (Å²) in [4.78, 5) is 0. The number of nitrogens with one attached hydrogen (secondary N) is 2. The summed E-state index contributed by atoms with van der Waals surface area (Å²) in [5, 5.41) is 14.4. The molecule has 1 aromatic rings. The molecule has 1 rings (SSSR count). The van der Waals surface area contributed by atoms with Gasteiger partial charge < -0.3 is 15.1 Å². The van der Waals surface area contributed by atoms with E-state index in [1.54, 1.807) is 0 Å². The molecule has 104 valence electrons. The highest BCUT2D eigenvalue weighted by molar-refractivity contribution is 7.98. The summed E-state index contributed by atoms with van der Waals surface area (Å²) in [6.45, 7) is 7.80. The molecule has 2 N–H and O–H groups in total. The summed E-state index contributed by atoms with van der Waals surface area (Å²) in [6, 6.07) is 0.518. The summed E-state index contributed by atoms with van der Waals surface area (Å²) in [7, 11) is 0. The Balaban J connectivity index is 2.22. The molecule has 18 heavy (non-hydrogen) atoms. The zero-order valence-electron chi connectivity index (χ0n) is 11.7. The van der Waals surface area contributed by atoms with E-state index < -0.39 is 0 Å². The Morgan fingerprint density at radius 1 is 1.22 bits per heavy atom. The van der Waals surface area contributed by atoms with E-state index in [1.165, 1.54) is 12.2 Å². The van der Waals surface area contributed by atoms with E-state index in [0.29, 0.717) is 18.5 Å². The minimum atomic E-state index is 0.0554. The van der Waals surface area contributed by atoms with Crippen LogP contribution >= 0.6 is 11.8 Å². The molecule has 0 atom stereocenters. The Morgan fingerprint density at radius 3 is 2.67 bits per heavy atom. The summed E-state index contributed by atoms with van der Waals surface area (Å²) >= 11 is 1.87. The van der Waals surface area contributed by atoms with Crippen LogP contribution in [0, 0.1) is 0 Å². The molecule has 0 aromatic carbocycles. The Morgan fingerprint density at radius 2 is 2.00 bits per heavy atom. The average Bonchev–Trinajstić information content (AvgIpc) is 2.73. The van der Waals surface area contributed by atoms with Crippen molar-refractivity contribution in [1.29, 1.82) is 0 Å². The lowest BCUT2D eigenvalue weighted by Gasteiger charge is -2.18. The maximum Gasteiger partial charge on any atom is 0.315 e. The third-order valence-corrected chi connectivity index (χ3v) is 2.99. The molecule has 0 saturated heterocycles. The quantitative estimate of drug-likeness (QED) is 0.709. The second-order valence-corrected chi connectivity index (χ2v) is 6.22. The van der Waals surface area contributed by atoms with Gasteiger partial charge in [-0.15, -0.1) is 5.10 Å². The first-order chi connectivity index (χ1) is 8.51. The lowest BCUT2D eigenvalue weighted by molar-refractivity contribution is 0.383. The van der Waals surface area contributed by atoms with Crippen LogP contribution in [0.4, 0.5) is 6.01 Å². The van der Waals surface area contributed by atoms with Gasteiger partial charge in [-0.05, 0) is 45.6 Å². The van der Waals surface area contributed by atoms with E-state index in [0.717, 1.165) is 13.0 Å². The van der Waals surface area contributed by atoms with E-state index in [9.17, 15) is 0 Å². The Labute approximate surface area is 114 Å². The van der Waals surface area contributed by atoms with Gasteiger partial charge in [-0.2, -0.15) is 11.8 Å². The molecule has 0 fully saturated rings. The number of thioether (sulfide) groups is 1. The standard InChI is InChI=1S/C12H24N4OS/c1-12(2,3)14-9-10-15-16-11(17-10)13-7-5-6-8-18-4/h14H,5-9H2,1-4H3,(H,13,16). The fourth-order valence-corrected chi connectivity index (χ4v) is 1.80. The van der Waals surface area contributed by atoms with Crippen molar-refractivity contribution in [2.75, 3.05) is 23.9 Å². The molecule has 1 aromatic heterocycles. The third-order valence-electron chi connectivity index (χ3n) is 2.29. The number of unbranched alkanes of at least 4 members (excludes halogenated alkanes) is 1. The van der Waals surface area contributed by atoms with Gasteiger partial charge in [-0.3, -0.25) is 0 Å². The van der Waals surface area contributed by atoms with Crippen molar-refractivity contribution in [3.8, 4) is 0 Å². The van der Waals surface area contributed by atoms with Crippen molar-refractivity contribution in [3.05, 3.63) is 5.89 Å². The minimum absolute atomic E-state index is 0.0554. The second-order valence-electron chi connectivity index (χ2n) is 5.23. The molecule has 0 unspecified atom stereocenters. The van der Waals surface area contributed by atoms with Gasteiger partial charge >= 0.3 is 6.01 Å². The molecule has 1 heterocycles. The van der Waals surface area contributed by atoms with Crippen LogP contribution in [0.3, 0.4) is 0 Å². The predicted octanol–water partition coefficient (Wildman–Crippen LogP) is 2.51. The van der Waals surface area contributed by atoms with Gasteiger partial charge in [0.2, 0.25) is 5.89 Å². The molecule has 5 nitrogen and oxygen atoms in total. The predicted molar refractivity (Wildman–Crippen MR) is 77.0 cm³/mol. The fourth-order valence-electron chi connectivity index (χ4n) is 1.30. The van der Waals surface area contributed by atoms with Gasteiger partial charge in [0.05, 0.1) is 6.54 Å². The third kappa shape index (κ3) is 6.86. The van der Waals surface area contributed by atoms with Crippen LogP contribution in [-0.4, -0.2) is 34.3 Å². The normalized spacial score (nSPS) is 11.8. The van der Waals surface area contributed by atoms with Gasteiger partial charge in [0.1, 0.15) is 0 Å². The molecule has 0 saturated carbocycles. The Kier molecular flexibility index (Phi) is 6.49. The molecule has 0 spiro atoms. The Hall–Kier alpha value is -0.750. The molecular weight excluding hydrogens is 248 g/mol. The maximum absolute atomic E-state index is 5.48. The Bertz CT molecular complexity index is 335. The van der Waals surface area contributed by atoms with Crippen LogP contribution in [0.2, 0.25) is 0 Å². The SMILES string of the molecule is CSCCCCNc1nnc(CNC(C)(C)C)o1. The number of hydrogen-bond acceptors (Lipinski definition) is 6. The van der Waals surface area contributed by atoms with Crippen molar-refractivity contribution < 1.29 is 4.42 Å². The summed E-state index contributed by atoms with van der Waals surface area (Å²) < 4.78 is 5.48. The number of aromatic nitrogens is 2. The van der Waals surface area contributed by atoms with Crippen molar-refractivity contribution in [1.82, 2.24) is 15.5 Å². The first-order valence-electron chi connectivity index (χ1n) is 6.31. The van der Waals surface area contributed by atoms with Crippen LogP contribution in [0.15, 0.2) is 4.42 Å². The van der Waals surface area contributed by atoms with Gasteiger partial charge in [0.15, 0.2) is 0 Å². The topological polar surface area (TPSA) is 63.0 Å². The first kappa shape index (κ1) is 15.3. The zero-order chi connectivity index (χ0) is 13.4. The molecule has 0 bridgehead atoms. The van der Waals surface area contributed by atoms with E-state index in [1.807, 2.05) is 11.8 Å². The van der Waals surface area contributed by atoms with Crippen molar-refractivity contribution in [3.63, 3.8) is 0 Å². The van der Waals surface area contributed by atoms with Crippen LogP contribution in [0.1, 0.15) is 39.5 Å². The monoisotopic (exact) mass is 272 g/mol. The smallest absolute Gasteiger partial charge is 0.315 e. The molecular formula is C12H24N4OS. The van der Waals surface area contributed by atoms with Crippen LogP contribution in [0.5, 0.6) is 0 Å². The zero-order valence-corrected chi connectivity index (χ0v) is 12.6. The van der Waals surface area contributed by atoms with E-state index >= 15 is 0 Å². The number of nitrogens with zero attached hydrogens (tertiary/aromatic N) is 2. The highest BCUT2D eigenvalue weighted by Gasteiger charge is 2.11. The minimum Gasteiger partial charge on any atom is -0.407 e. The number of anilines is 1. The van der Waals surface area contributed by atoms with Crippen LogP contribution in [-0.2, 0) is 6.54 Å². The van der Waals surface area contributed by atoms with E-state index in [-0.39, 0.29) is 5.54 Å². The van der Waals surface area contributed by atoms with Crippen molar-refractivity contribution in [2.24, 2.45) is 0 Å². The van der Waals surface area contributed by atoms with Crippen LogP contribution in [0.25, 0.3) is 0 Å². The molecule has 0 aliphatic heterocycles. The fraction of sp³-hybridized carbons (Fsp3) is 0.833. The number of rotatable bonds is 8. The maximum atomic E-state index is 5.48. The molecule has 0 radical (unpaired) electrons. The molecule has 6 heteroatoms. The van der Waals surface area contributed by atoms with E-state index in [4.69, 9.17) is 4.42 Å². The molecule has 0 amide bonds. The summed E-state index contributed by atoms with van der Waals surface area (Å²) in [5.74, 6) is 1.82. The van der Waals surface area contributed by atoms with Gasteiger partial charge in [-0.25, -0.2) is 0 Å².